The normalized spacial score (nSPS) is 17.9. The summed E-state index contributed by atoms with van der Waals surface area (Å²) in [6, 6.07) is 0. The van der Waals surface area contributed by atoms with E-state index in [-0.39, 0.29) is 18.8 Å². The number of nitrogens with zero attached hydrogens (tertiary/aromatic N) is 1. The fourth-order valence-electron chi connectivity index (χ4n) is 1.17. The zero-order valence-electron chi connectivity index (χ0n) is 7.12. The van der Waals surface area contributed by atoms with Gasteiger partial charge in [-0.1, -0.05) is 11.6 Å². The maximum Gasteiger partial charge on any atom is 0.307 e. The minimum absolute atomic E-state index is 0. The highest BCUT2D eigenvalue weighted by Gasteiger charge is 2.09. The topological polar surface area (TPSA) is 40.5 Å². The first-order chi connectivity index (χ1) is 5.18. The van der Waals surface area contributed by atoms with E-state index >= 15 is 0 Å². The van der Waals surface area contributed by atoms with Crippen LogP contribution in [-0.2, 0) is 4.79 Å². The summed E-state index contributed by atoms with van der Waals surface area (Å²) < 4.78 is 0. The lowest BCUT2D eigenvalue weighted by atomic mass is 10.1. The average molecular weight is 192 g/mol. The second-order valence-corrected chi connectivity index (χ2v) is 2.95. The number of likely N-dealkylation sites (N-methyl/N-ethyl adjacent to an activating group) is 1. The number of rotatable bonds is 2. The molecule has 12 heavy (non-hydrogen) atoms. The first-order valence-corrected chi connectivity index (χ1v) is 3.76. The molecule has 1 N–H and O–H groups in total. The second-order valence-electron chi connectivity index (χ2n) is 2.95. The van der Waals surface area contributed by atoms with Gasteiger partial charge in [-0.3, -0.25) is 4.79 Å². The van der Waals surface area contributed by atoms with E-state index in [0.717, 1.165) is 25.1 Å². The average Bonchev–Trinajstić information content (AvgIpc) is 1.93. The summed E-state index contributed by atoms with van der Waals surface area (Å²) in [7, 11) is 2.04. The van der Waals surface area contributed by atoms with Crippen molar-refractivity contribution >= 4 is 18.4 Å². The number of hydrogen-bond donors (Lipinski definition) is 1. The maximum absolute atomic E-state index is 10.3. The summed E-state index contributed by atoms with van der Waals surface area (Å²) in [6.07, 6.45) is 3.13. The summed E-state index contributed by atoms with van der Waals surface area (Å²) in [5.41, 5.74) is 1.07. The summed E-state index contributed by atoms with van der Waals surface area (Å²) in [6.45, 7) is 1.88. The third-order valence-electron chi connectivity index (χ3n) is 1.88. The SMILES string of the molecule is CN1CC=C(CC(=O)O)CC1.Cl. The molecule has 70 valence electrons. The lowest BCUT2D eigenvalue weighted by molar-refractivity contribution is -0.136. The van der Waals surface area contributed by atoms with Crippen molar-refractivity contribution in [2.45, 2.75) is 12.8 Å². The largest absolute Gasteiger partial charge is 0.481 e. The van der Waals surface area contributed by atoms with Crippen LogP contribution in [0.4, 0.5) is 0 Å². The smallest absolute Gasteiger partial charge is 0.307 e. The number of carbonyl (C=O) groups is 1. The molecule has 0 fully saturated rings. The zero-order valence-corrected chi connectivity index (χ0v) is 7.93. The van der Waals surface area contributed by atoms with Crippen LogP contribution in [0.2, 0.25) is 0 Å². The molecule has 3 nitrogen and oxygen atoms in total. The quantitative estimate of drug-likeness (QED) is 0.666. The standard InChI is InChI=1S/C8H13NO2.ClH/c1-9-4-2-7(3-5-9)6-8(10)11;/h2H,3-6H2,1H3,(H,10,11);1H. The number of aliphatic carboxylic acids is 1. The number of carboxylic acids is 1. The van der Waals surface area contributed by atoms with Gasteiger partial charge in [0.2, 0.25) is 0 Å². The van der Waals surface area contributed by atoms with Gasteiger partial charge in [-0.05, 0) is 13.5 Å². The molecule has 1 aliphatic rings. The third kappa shape index (κ3) is 3.74. The Kier molecular flexibility index (Phi) is 4.93. The molecule has 0 bridgehead atoms. The predicted molar refractivity (Wildman–Crippen MR) is 49.7 cm³/mol. The van der Waals surface area contributed by atoms with Crippen molar-refractivity contribution in [1.82, 2.24) is 4.90 Å². The van der Waals surface area contributed by atoms with Crippen molar-refractivity contribution in [3.63, 3.8) is 0 Å². The molecule has 0 amide bonds. The highest BCUT2D eigenvalue weighted by molar-refractivity contribution is 5.85. The van der Waals surface area contributed by atoms with E-state index in [2.05, 4.69) is 4.90 Å². The zero-order chi connectivity index (χ0) is 8.27. The van der Waals surface area contributed by atoms with Crippen molar-refractivity contribution in [2.75, 3.05) is 20.1 Å². The molecule has 0 aromatic heterocycles. The van der Waals surface area contributed by atoms with Crippen molar-refractivity contribution < 1.29 is 9.90 Å². The van der Waals surface area contributed by atoms with E-state index in [9.17, 15) is 4.79 Å². The highest BCUT2D eigenvalue weighted by atomic mass is 35.5. The molecule has 0 unspecified atom stereocenters. The minimum atomic E-state index is -0.721. The van der Waals surface area contributed by atoms with Crippen LogP contribution in [0, 0.1) is 0 Å². The number of hydrogen-bond acceptors (Lipinski definition) is 2. The van der Waals surface area contributed by atoms with Crippen LogP contribution in [0.3, 0.4) is 0 Å². The third-order valence-corrected chi connectivity index (χ3v) is 1.88. The first-order valence-electron chi connectivity index (χ1n) is 3.76. The molecule has 1 rings (SSSR count). The molecule has 0 atom stereocenters. The Morgan fingerprint density at radius 1 is 1.75 bits per heavy atom. The van der Waals surface area contributed by atoms with Gasteiger partial charge in [0.05, 0.1) is 6.42 Å². The van der Waals surface area contributed by atoms with E-state index in [1.807, 2.05) is 13.1 Å². The lowest BCUT2D eigenvalue weighted by Gasteiger charge is -2.20. The van der Waals surface area contributed by atoms with E-state index in [1.165, 1.54) is 0 Å². The Bertz CT molecular complexity index is 191. The van der Waals surface area contributed by atoms with Gasteiger partial charge in [-0.2, -0.15) is 0 Å². The van der Waals surface area contributed by atoms with Crippen LogP contribution in [0.25, 0.3) is 0 Å². The minimum Gasteiger partial charge on any atom is -0.481 e. The van der Waals surface area contributed by atoms with E-state index < -0.39 is 5.97 Å². The molecule has 0 aromatic rings. The van der Waals surface area contributed by atoms with Crippen LogP contribution in [0.15, 0.2) is 11.6 Å². The Morgan fingerprint density at radius 3 is 2.83 bits per heavy atom. The molecule has 1 aliphatic heterocycles. The molecule has 0 spiro atoms. The maximum atomic E-state index is 10.3. The van der Waals surface area contributed by atoms with Gasteiger partial charge in [0.25, 0.3) is 0 Å². The van der Waals surface area contributed by atoms with Gasteiger partial charge in [0, 0.05) is 13.1 Å². The lowest BCUT2D eigenvalue weighted by Crippen LogP contribution is -2.24. The van der Waals surface area contributed by atoms with Crippen molar-refractivity contribution in [2.24, 2.45) is 0 Å². The Balaban J connectivity index is 0.00000121. The molecular weight excluding hydrogens is 178 g/mol. The van der Waals surface area contributed by atoms with Crippen molar-refractivity contribution in [1.29, 1.82) is 0 Å². The Hall–Kier alpha value is -0.540. The molecule has 0 saturated heterocycles. The van der Waals surface area contributed by atoms with Crippen LogP contribution >= 0.6 is 12.4 Å². The number of halogens is 1. The van der Waals surface area contributed by atoms with E-state index in [1.54, 1.807) is 0 Å². The molecule has 1 heterocycles. The van der Waals surface area contributed by atoms with Gasteiger partial charge in [-0.25, -0.2) is 0 Å². The highest BCUT2D eigenvalue weighted by Crippen LogP contribution is 2.12. The van der Waals surface area contributed by atoms with Crippen LogP contribution in [0.5, 0.6) is 0 Å². The molecule has 0 aliphatic carbocycles. The Morgan fingerprint density at radius 2 is 2.42 bits per heavy atom. The van der Waals surface area contributed by atoms with E-state index in [4.69, 9.17) is 5.11 Å². The number of carboxylic acid groups (broad SMARTS) is 1. The predicted octanol–water partition coefficient (Wildman–Crippen LogP) is 1.14. The van der Waals surface area contributed by atoms with Crippen LogP contribution in [-0.4, -0.2) is 36.1 Å². The van der Waals surface area contributed by atoms with Gasteiger partial charge in [0.15, 0.2) is 0 Å². The summed E-state index contributed by atoms with van der Waals surface area (Å²) in [4.78, 5) is 12.5. The second kappa shape index (κ2) is 5.17. The molecule has 4 heteroatoms. The van der Waals surface area contributed by atoms with Gasteiger partial charge in [0.1, 0.15) is 0 Å². The fourth-order valence-corrected chi connectivity index (χ4v) is 1.17. The molecule has 0 aromatic carbocycles. The molecule has 0 saturated carbocycles. The van der Waals surface area contributed by atoms with Crippen molar-refractivity contribution in [3.05, 3.63) is 11.6 Å². The Labute approximate surface area is 78.5 Å². The molecule has 0 radical (unpaired) electrons. The first kappa shape index (κ1) is 11.5. The summed E-state index contributed by atoms with van der Waals surface area (Å²) in [5, 5.41) is 8.48. The summed E-state index contributed by atoms with van der Waals surface area (Å²) >= 11 is 0. The summed E-state index contributed by atoms with van der Waals surface area (Å²) in [5.74, 6) is -0.721. The van der Waals surface area contributed by atoms with Crippen LogP contribution in [0.1, 0.15) is 12.8 Å². The monoisotopic (exact) mass is 191 g/mol. The van der Waals surface area contributed by atoms with Crippen molar-refractivity contribution in [3.8, 4) is 0 Å². The van der Waals surface area contributed by atoms with E-state index in [0.29, 0.717) is 0 Å². The van der Waals surface area contributed by atoms with Crippen LogP contribution < -0.4 is 0 Å². The van der Waals surface area contributed by atoms with Gasteiger partial charge in [-0.15, -0.1) is 12.4 Å². The fraction of sp³-hybridized carbons (Fsp3) is 0.625. The van der Waals surface area contributed by atoms with Gasteiger partial charge < -0.3 is 10.0 Å². The molecular formula is C8H14ClNO2. The van der Waals surface area contributed by atoms with Gasteiger partial charge >= 0.3 is 5.97 Å².